The van der Waals surface area contributed by atoms with Crippen molar-refractivity contribution in [3.05, 3.63) is 29.8 Å². The molecule has 2 rings (SSSR count). The summed E-state index contributed by atoms with van der Waals surface area (Å²) in [5.41, 5.74) is 6.01. The molecule has 0 radical (unpaired) electrons. The summed E-state index contributed by atoms with van der Waals surface area (Å²) in [5.74, 6) is 0. The van der Waals surface area contributed by atoms with Crippen LogP contribution >= 0.6 is 12.2 Å². The van der Waals surface area contributed by atoms with Gasteiger partial charge in [-0.05, 0) is 19.4 Å². The first-order chi connectivity index (χ1) is 9.43. The van der Waals surface area contributed by atoms with Crippen molar-refractivity contribution in [3.63, 3.8) is 0 Å². The Bertz CT molecular complexity index is 601. The molecule has 0 aromatic heterocycles. The SMILES string of the molecule is CC1CN(S(=O)(=O)c2ccccc2C(N)=S)CCCO1. The highest BCUT2D eigenvalue weighted by molar-refractivity contribution is 7.89. The third-order valence-electron chi connectivity index (χ3n) is 3.19. The standard InChI is InChI=1S/C13H18N2O3S2/c1-10-9-15(7-4-8-18-10)20(16,17)12-6-3-2-5-11(12)13(14)19/h2-3,5-6,10H,4,7-9H2,1H3,(H2,14,19). The molecule has 1 aromatic carbocycles. The molecule has 1 fully saturated rings. The fraction of sp³-hybridized carbons (Fsp3) is 0.462. The highest BCUT2D eigenvalue weighted by Crippen LogP contribution is 2.22. The van der Waals surface area contributed by atoms with Crippen LogP contribution in [0, 0.1) is 0 Å². The molecule has 1 aliphatic heterocycles. The van der Waals surface area contributed by atoms with Gasteiger partial charge in [-0.1, -0.05) is 30.4 Å². The van der Waals surface area contributed by atoms with Crippen molar-refractivity contribution in [2.24, 2.45) is 5.73 Å². The molecule has 1 heterocycles. The Balaban J connectivity index is 2.42. The third-order valence-corrected chi connectivity index (χ3v) is 5.33. The van der Waals surface area contributed by atoms with E-state index in [0.717, 1.165) is 0 Å². The molecular formula is C13H18N2O3S2. The minimum absolute atomic E-state index is 0.0864. The van der Waals surface area contributed by atoms with E-state index in [-0.39, 0.29) is 16.0 Å². The van der Waals surface area contributed by atoms with E-state index < -0.39 is 10.0 Å². The summed E-state index contributed by atoms with van der Waals surface area (Å²) in [7, 11) is -3.61. The van der Waals surface area contributed by atoms with Gasteiger partial charge in [0.25, 0.3) is 0 Å². The van der Waals surface area contributed by atoms with Gasteiger partial charge in [0, 0.05) is 25.3 Å². The zero-order valence-corrected chi connectivity index (χ0v) is 12.9. The fourth-order valence-electron chi connectivity index (χ4n) is 2.21. The number of sulfonamides is 1. The Morgan fingerprint density at radius 2 is 2.15 bits per heavy atom. The first-order valence-electron chi connectivity index (χ1n) is 6.43. The van der Waals surface area contributed by atoms with Crippen molar-refractivity contribution in [1.29, 1.82) is 0 Å². The van der Waals surface area contributed by atoms with Crippen LogP contribution in [0.5, 0.6) is 0 Å². The van der Waals surface area contributed by atoms with E-state index in [4.69, 9.17) is 22.7 Å². The molecule has 0 bridgehead atoms. The zero-order valence-electron chi connectivity index (χ0n) is 11.3. The molecule has 2 N–H and O–H groups in total. The second-order valence-corrected chi connectivity index (χ2v) is 7.10. The summed E-state index contributed by atoms with van der Waals surface area (Å²) < 4.78 is 32.5. The molecule has 1 atom stereocenters. The summed E-state index contributed by atoms with van der Waals surface area (Å²) in [4.78, 5) is 0.255. The van der Waals surface area contributed by atoms with Crippen molar-refractivity contribution >= 4 is 27.2 Å². The van der Waals surface area contributed by atoms with Crippen molar-refractivity contribution in [3.8, 4) is 0 Å². The van der Waals surface area contributed by atoms with E-state index in [1.807, 2.05) is 6.92 Å². The molecule has 1 aromatic rings. The number of hydrogen-bond donors (Lipinski definition) is 1. The Labute approximate surface area is 124 Å². The van der Waals surface area contributed by atoms with Crippen LogP contribution < -0.4 is 5.73 Å². The Hall–Kier alpha value is -1.02. The van der Waals surface area contributed by atoms with Crippen molar-refractivity contribution in [2.75, 3.05) is 19.7 Å². The van der Waals surface area contributed by atoms with Gasteiger partial charge in [-0.25, -0.2) is 8.42 Å². The third kappa shape index (κ3) is 3.17. The summed E-state index contributed by atoms with van der Waals surface area (Å²) in [6.07, 6.45) is 0.558. The van der Waals surface area contributed by atoms with Crippen LogP contribution in [0.15, 0.2) is 29.2 Å². The van der Waals surface area contributed by atoms with Crippen LogP contribution in [0.2, 0.25) is 0 Å². The van der Waals surface area contributed by atoms with Gasteiger partial charge in [0.1, 0.15) is 4.99 Å². The lowest BCUT2D eigenvalue weighted by atomic mass is 10.2. The maximum absolute atomic E-state index is 12.8. The van der Waals surface area contributed by atoms with Gasteiger partial charge >= 0.3 is 0 Å². The molecular weight excluding hydrogens is 296 g/mol. The number of thiocarbonyl (C=S) groups is 1. The first-order valence-corrected chi connectivity index (χ1v) is 8.28. The number of benzene rings is 1. The van der Waals surface area contributed by atoms with Crippen LogP contribution in [0.3, 0.4) is 0 Å². The summed E-state index contributed by atoms with van der Waals surface area (Å²) >= 11 is 4.94. The molecule has 0 aliphatic carbocycles. The second-order valence-electron chi connectivity index (χ2n) is 4.76. The largest absolute Gasteiger partial charge is 0.389 e. The summed E-state index contributed by atoms with van der Waals surface area (Å²) in [5, 5.41) is 0. The van der Waals surface area contributed by atoms with Crippen LogP contribution in [0.1, 0.15) is 18.9 Å². The minimum Gasteiger partial charge on any atom is -0.389 e. The van der Waals surface area contributed by atoms with E-state index in [9.17, 15) is 8.42 Å². The topological polar surface area (TPSA) is 72.6 Å². The smallest absolute Gasteiger partial charge is 0.243 e. The Morgan fingerprint density at radius 1 is 1.45 bits per heavy atom. The number of hydrogen-bond acceptors (Lipinski definition) is 4. The van der Waals surface area contributed by atoms with Gasteiger partial charge in [0.2, 0.25) is 10.0 Å². The maximum Gasteiger partial charge on any atom is 0.243 e. The van der Waals surface area contributed by atoms with Gasteiger partial charge in [0.15, 0.2) is 0 Å². The van der Waals surface area contributed by atoms with Gasteiger partial charge < -0.3 is 10.5 Å². The molecule has 1 aliphatic rings. The minimum atomic E-state index is -3.61. The zero-order chi connectivity index (χ0) is 14.8. The Kier molecular flexibility index (Phi) is 4.74. The van der Waals surface area contributed by atoms with Crippen LogP contribution in [0.4, 0.5) is 0 Å². The van der Waals surface area contributed by atoms with Crippen LogP contribution in [-0.2, 0) is 14.8 Å². The molecule has 5 nitrogen and oxygen atoms in total. The molecule has 20 heavy (non-hydrogen) atoms. The van der Waals surface area contributed by atoms with E-state index >= 15 is 0 Å². The predicted octanol–water partition coefficient (Wildman–Crippen LogP) is 1.12. The van der Waals surface area contributed by atoms with E-state index in [2.05, 4.69) is 0 Å². The maximum atomic E-state index is 12.8. The van der Waals surface area contributed by atoms with Gasteiger partial charge in [-0.2, -0.15) is 4.31 Å². The molecule has 110 valence electrons. The molecule has 1 saturated heterocycles. The van der Waals surface area contributed by atoms with Crippen LogP contribution in [-0.4, -0.2) is 43.5 Å². The predicted molar refractivity (Wildman–Crippen MR) is 81.1 cm³/mol. The van der Waals surface area contributed by atoms with E-state index in [0.29, 0.717) is 31.7 Å². The fourth-order valence-corrected chi connectivity index (χ4v) is 4.21. The monoisotopic (exact) mass is 314 g/mol. The molecule has 1 unspecified atom stereocenters. The number of rotatable bonds is 3. The number of ether oxygens (including phenoxy) is 1. The highest BCUT2D eigenvalue weighted by Gasteiger charge is 2.29. The first kappa shape index (κ1) is 15.4. The van der Waals surface area contributed by atoms with E-state index in [1.54, 1.807) is 24.3 Å². The lowest BCUT2D eigenvalue weighted by molar-refractivity contribution is 0.0752. The average Bonchev–Trinajstić information content (AvgIpc) is 2.64. The molecule has 7 heteroatoms. The second kappa shape index (κ2) is 6.17. The Morgan fingerprint density at radius 3 is 2.85 bits per heavy atom. The normalized spacial score (nSPS) is 21.4. The number of nitrogens with two attached hydrogens (primary N) is 1. The van der Waals surface area contributed by atoms with Crippen LogP contribution in [0.25, 0.3) is 0 Å². The van der Waals surface area contributed by atoms with Gasteiger partial charge in [-0.15, -0.1) is 0 Å². The number of nitrogens with zero attached hydrogens (tertiary/aromatic N) is 1. The van der Waals surface area contributed by atoms with Crippen molar-refractivity contribution in [2.45, 2.75) is 24.3 Å². The van der Waals surface area contributed by atoms with Crippen molar-refractivity contribution in [1.82, 2.24) is 4.31 Å². The van der Waals surface area contributed by atoms with E-state index in [1.165, 1.54) is 4.31 Å². The van der Waals surface area contributed by atoms with Gasteiger partial charge in [0.05, 0.1) is 11.0 Å². The lowest BCUT2D eigenvalue weighted by Gasteiger charge is -2.22. The summed E-state index contributed by atoms with van der Waals surface area (Å²) in [6, 6.07) is 6.57. The molecule has 0 amide bonds. The average molecular weight is 314 g/mol. The molecule has 0 saturated carbocycles. The quantitative estimate of drug-likeness (QED) is 0.847. The highest BCUT2D eigenvalue weighted by atomic mass is 32.2. The van der Waals surface area contributed by atoms with Gasteiger partial charge in [-0.3, -0.25) is 0 Å². The lowest BCUT2D eigenvalue weighted by Crippen LogP contribution is -2.36. The van der Waals surface area contributed by atoms with Crippen molar-refractivity contribution < 1.29 is 13.2 Å². The molecule has 0 spiro atoms. The summed E-state index contributed by atoms with van der Waals surface area (Å²) in [6.45, 7) is 3.23.